The first-order valence-electron chi connectivity index (χ1n) is 13.0. The minimum atomic E-state index is -0.434. The zero-order valence-corrected chi connectivity index (χ0v) is 22.9. The molecule has 3 rings (SSSR count). The summed E-state index contributed by atoms with van der Waals surface area (Å²) in [5.74, 6) is 0.699. The molecule has 0 bridgehead atoms. The summed E-state index contributed by atoms with van der Waals surface area (Å²) < 4.78 is 11.5. The summed E-state index contributed by atoms with van der Waals surface area (Å²) in [5, 5.41) is 31.2. The zero-order chi connectivity index (χ0) is 28.0. The number of unbranched alkanes of at least 4 members (excludes halogenated alkanes) is 1. The fourth-order valence-electron chi connectivity index (χ4n) is 4.41. The molecule has 2 aromatic rings. The van der Waals surface area contributed by atoms with Gasteiger partial charge in [0.25, 0.3) is 0 Å². The van der Waals surface area contributed by atoms with Crippen LogP contribution in [0.5, 0.6) is 17.2 Å². The van der Waals surface area contributed by atoms with Crippen molar-refractivity contribution in [3.05, 3.63) is 52.1 Å². The minimum Gasteiger partial charge on any atom is -0.504 e. The second-order valence-corrected chi connectivity index (χ2v) is 10.4. The number of Topliss-reactive ketones (excluding diaryl/α,β-unsaturated/α-hetero) is 1. The van der Waals surface area contributed by atoms with Gasteiger partial charge in [-0.15, -0.1) is 0 Å². The Kier molecular flexibility index (Phi) is 9.38. The maximum Gasteiger partial charge on any atom is 0.224 e. The fraction of sp³-hybridized carbons (Fsp3) is 0.483. The van der Waals surface area contributed by atoms with Crippen LogP contribution in [0.4, 0.5) is 0 Å². The third-order valence-corrected chi connectivity index (χ3v) is 6.50. The average Bonchev–Trinajstić information content (AvgIpc) is 3.16. The summed E-state index contributed by atoms with van der Waals surface area (Å²) in [5.41, 5.74) is 2.79. The first kappa shape index (κ1) is 29.0. The maximum absolute atomic E-state index is 13.5. The molecule has 1 aliphatic rings. The Balaban J connectivity index is 1.86. The van der Waals surface area contributed by atoms with Crippen molar-refractivity contribution in [1.29, 1.82) is 5.41 Å². The lowest BCUT2D eigenvalue weighted by Gasteiger charge is -2.24. The van der Waals surface area contributed by atoms with Crippen LogP contribution in [0.2, 0.25) is 0 Å². The first-order valence-corrected chi connectivity index (χ1v) is 13.0. The summed E-state index contributed by atoms with van der Waals surface area (Å²) in [6, 6.07) is 6.90. The lowest BCUT2D eigenvalue weighted by molar-refractivity contribution is -0.119. The number of nitrogens with zero attached hydrogens (tertiary/aromatic N) is 1. The predicted molar refractivity (Wildman–Crippen MR) is 146 cm³/mol. The average molecular weight is 526 g/mol. The zero-order valence-electron chi connectivity index (χ0n) is 22.9. The van der Waals surface area contributed by atoms with Gasteiger partial charge in [-0.1, -0.05) is 20.8 Å². The predicted octanol–water partition coefficient (Wildman–Crippen LogP) is 3.55. The molecule has 9 nitrogen and oxygen atoms in total. The standard InChI is InChI=1S/C29H39N3O6/c1-6-37-24-14-20-16-32(28(30)21(20)11-19(24)15-26(35)31-5)17-23(34)18-12-22(29(2,3)4)27(36)25(13-18)38-10-8-7-9-33/h11-14,30,33,36H,6-10,15-17H2,1-5H3,(H,31,35). The molecule has 0 atom stereocenters. The van der Waals surface area contributed by atoms with Crippen molar-refractivity contribution in [2.75, 3.05) is 33.4 Å². The van der Waals surface area contributed by atoms with E-state index in [0.717, 1.165) is 5.56 Å². The van der Waals surface area contributed by atoms with Gasteiger partial charge >= 0.3 is 0 Å². The van der Waals surface area contributed by atoms with E-state index in [-0.39, 0.29) is 48.6 Å². The molecular formula is C29H39N3O6. The molecule has 0 saturated heterocycles. The van der Waals surface area contributed by atoms with Crippen LogP contribution in [0.1, 0.15) is 73.1 Å². The number of fused-ring (bicyclic) bond motifs is 1. The van der Waals surface area contributed by atoms with Crippen LogP contribution in [0.15, 0.2) is 24.3 Å². The van der Waals surface area contributed by atoms with Crippen molar-refractivity contribution in [2.24, 2.45) is 0 Å². The number of ether oxygens (including phenoxy) is 2. The molecule has 38 heavy (non-hydrogen) atoms. The molecule has 0 aliphatic carbocycles. The number of likely N-dealkylation sites (N-methyl/N-ethyl adjacent to an activating group) is 1. The number of carbonyl (C=O) groups excluding carboxylic acids is 2. The molecule has 2 aromatic carbocycles. The molecule has 206 valence electrons. The van der Waals surface area contributed by atoms with Gasteiger partial charge in [0.1, 0.15) is 11.6 Å². The molecule has 0 radical (unpaired) electrons. The third-order valence-electron chi connectivity index (χ3n) is 6.50. The highest BCUT2D eigenvalue weighted by atomic mass is 16.5. The van der Waals surface area contributed by atoms with Gasteiger partial charge in [-0.3, -0.25) is 15.0 Å². The van der Waals surface area contributed by atoms with Crippen LogP contribution in [-0.2, 0) is 23.2 Å². The van der Waals surface area contributed by atoms with E-state index in [1.165, 1.54) is 0 Å². The van der Waals surface area contributed by atoms with E-state index in [4.69, 9.17) is 20.0 Å². The van der Waals surface area contributed by atoms with Gasteiger partial charge < -0.3 is 29.9 Å². The quantitative estimate of drug-likeness (QED) is 0.246. The number of phenols is 1. The van der Waals surface area contributed by atoms with Crippen molar-refractivity contribution < 1.29 is 29.3 Å². The summed E-state index contributed by atoms with van der Waals surface area (Å²) in [4.78, 5) is 27.2. The summed E-state index contributed by atoms with van der Waals surface area (Å²) >= 11 is 0. The third kappa shape index (κ3) is 6.64. The van der Waals surface area contributed by atoms with E-state index in [1.54, 1.807) is 30.1 Å². The number of ketones is 1. The molecule has 1 aliphatic heterocycles. The normalized spacial score (nSPS) is 12.9. The number of amidine groups is 1. The second-order valence-electron chi connectivity index (χ2n) is 10.4. The highest BCUT2D eigenvalue weighted by Crippen LogP contribution is 2.39. The van der Waals surface area contributed by atoms with E-state index < -0.39 is 5.41 Å². The Hall–Kier alpha value is -3.59. The van der Waals surface area contributed by atoms with E-state index in [1.807, 2.05) is 33.8 Å². The number of hydrogen-bond acceptors (Lipinski definition) is 7. The van der Waals surface area contributed by atoms with Gasteiger partial charge in [0.2, 0.25) is 5.91 Å². The molecule has 0 unspecified atom stereocenters. The van der Waals surface area contributed by atoms with Crippen LogP contribution < -0.4 is 14.8 Å². The molecule has 9 heteroatoms. The summed E-state index contributed by atoms with van der Waals surface area (Å²) in [7, 11) is 1.57. The lowest BCUT2D eigenvalue weighted by atomic mass is 9.84. The number of aromatic hydroxyl groups is 1. The molecule has 0 saturated carbocycles. The molecule has 1 amide bonds. The van der Waals surface area contributed by atoms with Crippen LogP contribution in [0, 0.1) is 5.41 Å². The Morgan fingerprint density at radius 1 is 1.11 bits per heavy atom. The van der Waals surface area contributed by atoms with Crippen molar-refractivity contribution in [1.82, 2.24) is 10.2 Å². The minimum absolute atomic E-state index is 0.00599. The van der Waals surface area contributed by atoms with E-state index >= 15 is 0 Å². The first-order chi connectivity index (χ1) is 18.0. The van der Waals surface area contributed by atoms with Gasteiger partial charge in [-0.2, -0.15) is 0 Å². The highest BCUT2D eigenvalue weighted by Gasteiger charge is 2.30. The summed E-state index contributed by atoms with van der Waals surface area (Å²) in [6.45, 7) is 8.88. The number of nitrogens with one attached hydrogen (secondary N) is 2. The molecule has 1 heterocycles. The Morgan fingerprint density at radius 2 is 1.84 bits per heavy atom. The van der Waals surface area contributed by atoms with Crippen molar-refractivity contribution in [3.8, 4) is 17.2 Å². The molecule has 0 fully saturated rings. The Labute approximate surface area is 224 Å². The topological polar surface area (TPSA) is 132 Å². The Bertz CT molecular complexity index is 1200. The monoisotopic (exact) mass is 525 g/mol. The number of aliphatic hydroxyl groups excluding tert-OH is 1. The number of aliphatic hydroxyl groups is 1. The maximum atomic E-state index is 13.5. The van der Waals surface area contributed by atoms with Crippen LogP contribution in [0.3, 0.4) is 0 Å². The van der Waals surface area contributed by atoms with E-state index in [9.17, 15) is 14.7 Å². The SMILES string of the molecule is CCOc1cc2c(cc1CC(=O)NC)C(=N)N(CC(=O)c1cc(OCCCCO)c(O)c(C(C)(C)C)c1)C2. The van der Waals surface area contributed by atoms with Crippen molar-refractivity contribution >= 4 is 17.5 Å². The number of carbonyl (C=O) groups is 2. The van der Waals surface area contributed by atoms with Gasteiger partial charge in [0.15, 0.2) is 17.3 Å². The van der Waals surface area contributed by atoms with Crippen molar-refractivity contribution in [3.63, 3.8) is 0 Å². The van der Waals surface area contributed by atoms with Gasteiger partial charge in [-0.05, 0) is 55.0 Å². The van der Waals surface area contributed by atoms with Crippen LogP contribution in [-0.4, -0.2) is 66.1 Å². The fourth-order valence-corrected chi connectivity index (χ4v) is 4.41. The number of phenolic OH excluding ortho intramolecular Hbond substituents is 1. The van der Waals surface area contributed by atoms with Gasteiger partial charge in [-0.25, -0.2) is 0 Å². The highest BCUT2D eigenvalue weighted by molar-refractivity contribution is 6.06. The summed E-state index contributed by atoms with van der Waals surface area (Å²) in [6.07, 6.45) is 1.34. The van der Waals surface area contributed by atoms with E-state index in [0.29, 0.717) is 60.6 Å². The van der Waals surface area contributed by atoms with Crippen molar-refractivity contribution in [2.45, 2.75) is 58.9 Å². The lowest BCUT2D eigenvalue weighted by Crippen LogP contribution is -2.30. The molecule has 0 spiro atoms. The molecular weight excluding hydrogens is 486 g/mol. The molecule has 0 aromatic heterocycles. The number of amides is 1. The molecule has 4 N–H and O–H groups in total. The second kappa shape index (κ2) is 12.3. The van der Waals surface area contributed by atoms with E-state index in [2.05, 4.69) is 5.32 Å². The van der Waals surface area contributed by atoms with Crippen LogP contribution >= 0.6 is 0 Å². The largest absolute Gasteiger partial charge is 0.504 e. The number of hydrogen-bond donors (Lipinski definition) is 4. The smallest absolute Gasteiger partial charge is 0.224 e. The Morgan fingerprint density at radius 3 is 2.47 bits per heavy atom. The van der Waals surface area contributed by atoms with Gasteiger partial charge in [0.05, 0.1) is 26.2 Å². The van der Waals surface area contributed by atoms with Gasteiger partial charge in [0, 0.05) is 42.5 Å². The number of benzene rings is 2. The number of rotatable bonds is 12. The van der Waals surface area contributed by atoms with Crippen LogP contribution in [0.25, 0.3) is 0 Å².